The summed E-state index contributed by atoms with van der Waals surface area (Å²) in [6, 6.07) is 0. The summed E-state index contributed by atoms with van der Waals surface area (Å²) >= 11 is 0. The minimum atomic E-state index is -4.22. The molecule has 0 radical (unpaired) electrons. The summed E-state index contributed by atoms with van der Waals surface area (Å²) in [6.45, 7) is 2.68. The number of nitrogens with one attached hydrogen (secondary N) is 4. The lowest BCUT2D eigenvalue weighted by Crippen LogP contribution is -2.76. The summed E-state index contributed by atoms with van der Waals surface area (Å²) in [6.07, 6.45) is 0. The summed E-state index contributed by atoms with van der Waals surface area (Å²) in [7, 11) is 0. The lowest BCUT2D eigenvalue weighted by Gasteiger charge is -2.36. The van der Waals surface area contributed by atoms with Gasteiger partial charge in [-0.3, -0.25) is 19.7 Å². The van der Waals surface area contributed by atoms with E-state index in [4.69, 9.17) is 5.73 Å². The smallest absolute Gasteiger partial charge is 0.338 e. The maximum atomic E-state index is 11.7. The van der Waals surface area contributed by atoms with E-state index in [1.807, 2.05) is 0 Å². The summed E-state index contributed by atoms with van der Waals surface area (Å²) < 4.78 is 0. The first-order chi connectivity index (χ1) is 14.0. The Morgan fingerprint density at radius 1 is 0.567 bits per heavy atom. The topological polar surface area (TPSA) is 261 Å². The fraction of sp³-hybridized carbons (Fsp3) is 0.667. The number of hydrogen-bond donors (Lipinski definition) is 10. The zero-order valence-corrected chi connectivity index (χ0v) is 16.0. The average molecular weight is 437 g/mol. The van der Waals surface area contributed by atoms with Crippen LogP contribution < -0.4 is 27.0 Å². The highest BCUT2D eigenvalue weighted by atomic mass is 16.4. The molecule has 0 bridgehead atoms. The minimum absolute atomic E-state index is 0.107. The van der Waals surface area contributed by atoms with Gasteiger partial charge in [-0.2, -0.15) is 0 Å². The van der Waals surface area contributed by atoms with Crippen LogP contribution in [0.3, 0.4) is 0 Å². The Morgan fingerprint density at radius 2 is 0.900 bits per heavy atom. The number of aliphatic carboxylic acids is 5. The van der Waals surface area contributed by atoms with E-state index in [0.29, 0.717) is 39.3 Å². The first kappa shape index (κ1) is 27.1. The van der Waals surface area contributed by atoms with Gasteiger partial charge in [0, 0.05) is 52.4 Å². The second-order valence-corrected chi connectivity index (χ2v) is 5.99. The molecule has 15 nitrogen and oxygen atoms in total. The van der Waals surface area contributed by atoms with Crippen molar-refractivity contribution in [2.24, 2.45) is 11.1 Å². The molecule has 0 aliphatic heterocycles. The van der Waals surface area contributed by atoms with Crippen molar-refractivity contribution in [1.82, 2.24) is 21.3 Å². The van der Waals surface area contributed by atoms with Crippen molar-refractivity contribution in [2.75, 3.05) is 52.4 Å². The van der Waals surface area contributed by atoms with Gasteiger partial charge in [-0.15, -0.1) is 0 Å². The molecular weight excluding hydrogens is 410 g/mol. The van der Waals surface area contributed by atoms with E-state index in [-0.39, 0.29) is 6.54 Å². The van der Waals surface area contributed by atoms with Gasteiger partial charge in [0.25, 0.3) is 11.0 Å². The molecule has 0 heterocycles. The summed E-state index contributed by atoms with van der Waals surface area (Å²) in [4.78, 5) is 57.8. The Hall–Kier alpha value is -2.85. The van der Waals surface area contributed by atoms with Gasteiger partial charge >= 0.3 is 29.8 Å². The lowest BCUT2D eigenvalue weighted by atomic mass is 9.68. The normalized spacial score (nSPS) is 11.8. The Balaban J connectivity index is 5.10. The fourth-order valence-electron chi connectivity index (χ4n) is 2.62. The molecule has 0 saturated heterocycles. The molecule has 0 spiro atoms. The molecule has 0 aromatic carbocycles. The van der Waals surface area contributed by atoms with Gasteiger partial charge < -0.3 is 47.2 Å². The third-order valence-corrected chi connectivity index (χ3v) is 4.14. The molecule has 0 saturated carbocycles. The van der Waals surface area contributed by atoms with Crippen LogP contribution in [0.1, 0.15) is 0 Å². The Morgan fingerprint density at radius 3 is 1.20 bits per heavy atom. The van der Waals surface area contributed by atoms with Crippen LogP contribution in [0.25, 0.3) is 0 Å². The molecule has 11 N–H and O–H groups in total. The molecule has 0 fully saturated rings. The molecular formula is C15H27N5O10. The SMILES string of the molecule is NCCNCCNCCNCCNC(C(=O)O)(C(=O)O)C(C(=O)O)(C(=O)O)C(=O)O. The van der Waals surface area contributed by atoms with E-state index in [1.54, 1.807) is 5.32 Å². The Kier molecular flexibility index (Phi) is 11.5. The third kappa shape index (κ3) is 5.83. The molecule has 0 aromatic rings. The molecule has 0 rings (SSSR count). The van der Waals surface area contributed by atoms with E-state index in [1.165, 1.54) is 0 Å². The molecule has 30 heavy (non-hydrogen) atoms. The van der Waals surface area contributed by atoms with Crippen LogP contribution in [0.2, 0.25) is 0 Å². The Bertz CT molecular complexity index is 591. The van der Waals surface area contributed by atoms with Crippen LogP contribution in [0.15, 0.2) is 0 Å². The molecule has 0 aromatic heterocycles. The molecule has 0 aliphatic carbocycles. The largest absolute Gasteiger partial charge is 0.480 e. The average Bonchev–Trinajstić information content (AvgIpc) is 2.63. The highest BCUT2D eigenvalue weighted by Crippen LogP contribution is 2.34. The van der Waals surface area contributed by atoms with Crippen molar-refractivity contribution in [1.29, 1.82) is 0 Å². The molecule has 0 unspecified atom stereocenters. The number of hydrogen-bond acceptors (Lipinski definition) is 10. The quantitative estimate of drug-likeness (QED) is 0.0714. The van der Waals surface area contributed by atoms with Crippen molar-refractivity contribution in [3.63, 3.8) is 0 Å². The summed E-state index contributed by atoms with van der Waals surface area (Å²) in [5.41, 5.74) is -2.78. The van der Waals surface area contributed by atoms with Crippen molar-refractivity contribution >= 4 is 29.8 Å². The zero-order chi connectivity index (χ0) is 23.4. The van der Waals surface area contributed by atoms with Gasteiger partial charge in [-0.1, -0.05) is 0 Å². The van der Waals surface area contributed by atoms with Gasteiger partial charge in [-0.05, 0) is 0 Å². The predicted octanol–water partition coefficient (Wildman–Crippen LogP) is -4.55. The van der Waals surface area contributed by atoms with Crippen LogP contribution in [0.4, 0.5) is 0 Å². The predicted molar refractivity (Wildman–Crippen MR) is 99.0 cm³/mol. The lowest BCUT2D eigenvalue weighted by molar-refractivity contribution is -0.195. The maximum Gasteiger partial charge on any atom is 0.338 e. The molecule has 0 atom stereocenters. The van der Waals surface area contributed by atoms with Crippen LogP contribution in [0.5, 0.6) is 0 Å². The van der Waals surface area contributed by atoms with E-state index in [9.17, 15) is 49.5 Å². The number of rotatable bonds is 18. The maximum absolute atomic E-state index is 11.7. The first-order valence-electron chi connectivity index (χ1n) is 8.77. The Labute approximate surface area is 170 Å². The summed E-state index contributed by atoms with van der Waals surface area (Å²) in [5.74, 6) is -12.9. The molecule has 15 heteroatoms. The number of carboxylic acid groups (broad SMARTS) is 5. The number of carbonyl (C=O) groups is 5. The van der Waals surface area contributed by atoms with Crippen molar-refractivity contribution < 1.29 is 49.5 Å². The highest BCUT2D eigenvalue weighted by molar-refractivity contribution is 6.27. The number of nitrogens with two attached hydrogens (primary N) is 1. The van der Waals surface area contributed by atoms with Crippen LogP contribution in [0, 0.1) is 5.41 Å². The van der Waals surface area contributed by atoms with Gasteiger partial charge in [0.2, 0.25) is 0 Å². The molecule has 172 valence electrons. The van der Waals surface area contributed by atoms with Crippen LogP contribution in [-0.2, 0) is 24.0 Å². The minimum Gasteiger partial charge on any atom is -0.480 e. The highest BCUT2D eigenvalue weighted by Gasteiger charge is 2.76. The third-order valence-electron chi connectivity index (χ3n) is 4.14. The first-order valence-corrected chi connectivity index (χ1v) is 8.77. The fourth-order valence-corrected chi connectivity index (χ4v) is 2.62. The second kappa shape index (κ2) is 12.7. The van der Waals surface area contributed by atoms with Gasteiger partial charge in [-0.25, -0.2) is 9.59 Å². The van der Waals surface area contributed by atoms with E-state index in [2.05, 4.69) is 16.0 Å². The van der Waals surface area contributed by atoms with E-state index < -0.39 is 47.3 Å². The summed E-state index contributed by atoms with van der Waals surface area (Å²) in [5, 5.41) is 57.0. The molecule has 0 aliphatic rings. The van der Waals surface area contributed by atoms with Crippen LogP contribution >= 0.6 is 0 Å². The molecule has 0 amide bonds. The standard InChI is InChI=1S/C15H27N5O10/c16-1-2-17-3-4-18-5-6-19-7-8-20-15(12(27)28,13(29)30)14(9(21)22,10(23)24)11(25)26/h17-20H,1-8,16H2,(H,21,22)(H,23,24)(H,25,26)(H,27,28)(H,29,30). The second-order valence-electron chi connectivity index (χ2n) is 5.99. The monoisotopic (exact) mass is 437 g/mol. The van der Waals surface area contributed by atoms with Gasteiger partial charge in [0.15, 0.2) is 0 Å². The van der Waals surface area contributed by atoms with E-state index >= 15 is 0 Å². The number of carboxylic acids is 5. The van der Waals surface area contributed by atoms with Crippen molar-refractivity contribution in [3.8, 4) is 0 Å². The van der Waals surface area contributed by atoms with Crippen molar-refractivity contribution in [2.45, 2.75) is 5.54 Å². The van der Waals surface area contributed by atoms with Crippen LogP contribution in [-0.4, -0.2) is 113 Å². The van der Waals surface area contributed by atoms with Gasteiger partial charge in [0.1, 0.15) is 0 Å². The van der Waals surface area contributed by atoms with E-state index in [0.717, 1.165) is 0 Å². The zero-order valence-electron chi connectivity index (χ0n) is 16.0. The van der Waals surface area contributed by atoms with Crippen molar-refractivity contribution in [3.05, 3.63) is 0 Å². The van der Waals surface area contributed by atoms with Gasteiger partial charge in [0.05, 0.1) is 0 Å².